The van der Waals surface area contributed by atoms with Crippen LogP contribution in [0.4, 0.5) is 9.18 Å². The SMILES string of the molecule is CC[C@@H](C)C(=O)N[C@H](C(=O)N1CC[C@@H]2[C@H]1[C@@H](C(=O)NCc1ccc(F)cc1)CN2C(=O)NC)C(C)(C)C. The minimum Gasteiger partial charge on any atom is -0.352 e. The standard InChI is InChI=1S/C27H40FN5O4/c1-7-16(2)23(34)31-22(27(3,4)5)25(36)32-13-12-20-21(32)19(15-33(20)26(37)29-6)24(35)30-14-17-8-10-18(28)11-9-17/h8-11,16,19-22H,7,12-15H2,1-6H3,(H,29,37)(H,30,35)(H,31,34)/t16-,19+,20-,21-,22-/m1/s1. The van der Waals surface area contributed by atoms with Crippen molar-refractivity contribution < 1.29 is 23.6 Å². The number of urea groups is 1. The zero-order valence-electron chi connectivity index (χ0n) is 22.6. The number of carbonyl (C=O) groups is 4. The Morgan fingerprint density at radius 2 is 1.76 bits per heavy atom. The van der Waals surface area contributed by atoms with Gasteiger partial charge in [0.05, 0.1) is 18.0 Å². The Bertz CT molecular complexity index is 1010. The summed E-state index contributed by atoms with van der Waals surface area (Å²) in [6, 6.07) is 3.97. The third-order valence-corrected chi connectivity index (χ3v) is 7.56. The number of hydrogen-bond donors (Lipinski definition) is 3. The summed E-state index contributed by atoms with van der Waals surface area (Å²) in [5.74, 6) is -1.93. The molecule has 2 fully saturated rings. The van der Waals surface area contributed by atoms with E-state index in [1.807, 2.05) is 34.6 Å². The lowest BCUT2D eigenvalue weighted by Gasteiger charge is -2.37. The lowest BCUT2D eigenvalue weighted by Crippen LogP contribution is -2.58. The van der Waals surface area contributed by atoms with E-state index in [4.69, 9.17) is 0 Å². The van der Waals surface area contributed by atoms with Crippen molar-refractivity contribution in [3.8, 4) is 0 Å². The fraction of sp³-hybridized carbons (Fsp3) is 0.630. The van der Waals surface area contributed by atoms with Crippen molar-refractivity contribution in [1.82, 2.24) is 25.8 Å². The Hall–Kier alpha value is -3.17. The van der Waals surface area contributed by atoms with Crippen LogP contribution in [0.5, 0.6) is 0 Å². The minimum atomic E-state index is -0.773. The highest BCUT2D eigenvalue weighted by atomic mass is 19.1. The number of amides is 5. The maximum Gasteiger partial charge on any atom is 0.317 e. The van der Waals surface area contributed by atoms with Crippen LogP contribution in [-0.4, -0.2) is 71.8 Å². The molecular formula is C27H40FN5O4. The maximum absolute atomic E-state index is 13.9. The van der Waals surface area contributed by atoms with Gasteiger partial charge in [0.15, 0.2) is 0 Å². The van der Waals surface area contributed by atoms with Gasteiger partial charge in [0.25, 0.3) is 0 Å². The summed E-state index contributed by atoms with van der Waals surface area (Å²) in [5, 5.41) is 8.48. The molecule has 2 aliphatic rings. The number of rotatable bonds is 7. The molecule has 10 heteroatoms. The smallest absolute Gasteiger partial charge is 0.317 e. The molecule has 0 spiro atoms. The molecule has 0 radical (unpaired) electrons. The summed E-state index contributed by atoms with van der Waals surface area (Å²) in [4.78, 5) is 56.0. The zero-order valence-corrected chi connectivity index (χ0v) is 22.6. The van der Waals surface area contributed by atoms with Gasteiger partial charge in [-0.05, 0) is 36.0 Å². The molecule has 3 N–H and O–H groups in total. The molecule has 37 heavy (non-hydrogen) atoms. The van der Waals surface area contributed by atoms with Crippen molar-refractivity contribution in [2.75, 3.05) is 20.1 Å². The van der Waals surface area contributed by atoms with Gasteiger partial charge < -0.3 is 25.8 Å². The zero-order chi connectivity index (χ0) is 27.5. The van der Waals surface area contributed by atoms with Crippen molar-refractivity contribution in [2.45, 2.75) is 72.1 Å². The fourth-order valence-corrected chi connectivity index (χ4v) is 5.16. The summed E-state index contributed by atoms with van der Waals surface area (Å²) in [6.07, 6.45) is 1.20. The number of nitrogens with zero attached hydrogens (tertiary/aromatic N) is 2. The number of likely N-dealkylation sites (tertiary alicyclic amines) is 2. The molecular weight excluding hydrogens is 477 g/mol. The summed E-state index contributed by atoms with van der Waals surface area (Å²) in [6.45, 7) is 10.2. The molecule has 204 valence electrons. The Morgan fingerprint density at radius 1 is 1.11 bits per heavy atom. The van der Waals surface area contributed by atoms with Crippen molar-refractivity contribution in [2.24, 2.45) is 17.3 Å². The molecule has 0 bridgehead atoms. The number of carbonyl (C=O) groups excluding carboxylic acids is 4. The van der Waals surface area contributed by atoms with Gasteiger partial charge in [-0.3, -0.25) is 14.4 Å². The number of benzene rings is 1. The van der Waals surface area contributed by atoms with E-state index in [0.717, 1.165) is 5.56 Å². The second-order valence-corrected chi connectivity index (χ2v) is 11.2. The maximum atomic E-state index is 13.9. The number of fused-ring (bicyclic) bond motifs is 1. The van der Waals surface area contributed by atoms with Crippen molar-refractivity contribution in [3.05, 3.63) is 35.6 Å². The van der Waals surface area contributed by atoms with Crippen LogP contribution in [0.3, 0.4) is 0 Å². The molecule has 1 aromatic rings. The largest absolute Gasteiger partial charge is 0.352 e. The Labute approximate surface area is 218 Å². The van der Waals surface area contributed by atoms with Crippen LogP contribution in [0.2, 0.25) is 0 Å². The summed E-state index contributed by atoms with van der Waals surface area (Å²) in [7, 11) is 1.54. The highest BCUT2D eigenvalue weighted by molar-refractivity contribution is 5.91. The molecule has 9 nitrogen and oxygen atoms in total. The van der Waals surface area contributed by atoms with Crippen LogP contribution in [0.25, 0.3) is 0 Å². The highest BCUT2D eigenvalue weighted by Crippen LogP contribution is 2.37. The molecule has 2 saturated heterocycles. The highest BCUT2D eigenvalue weighted by Gasteiger charge is 2.55. The third-order valence-electron chi connectivity index (χ3n) is 7.56. The predicted octanol–water partition coefficient (Wildman–Crippen LogP) is 2.26. The van der Waals surface area contributed by atoms with Gasteiger partial charge in [0.1, 0.15) is 11.9 Å². The molecule has 0 aliphatic carbocycles. The fourth-order valence-electron chi connectivity index (χ4n) is 5.16. The average Bonchev–Trinajstić information content (AvgIpc) is 3.45. The number of nitrogens with one attached hydrogen (secondary N) is 3. The molecule has 0 unspecified atom stereocenters. The lowest BCUT2D eigenvalue weighted by atomic mass is 9.84. The van der Waals surface area contributed by atoms with Crippen LogP contribution in [0, 0.1) is 23.1 Å². The molecule has 2 heterocycles. The molecule has 0 saturated carbocycles. The Kier molecular flexibility index (Phi) is 8.81. The number of hydrogen-bond acceptors (Lipinski definition) is 4. The average molecular weight is 518 g/mol. The Balaban J connectivity index is 1.85. The van der Waals surface area contributed by atoms with Gasteiger partial charge in [-0.15, -0.1) is 0 Å². The molecule has 2 aliphatic heterocycles. The van der Waals surface area contributed by atoms with Crippen LogP contribution in [-0.2, 0) is 20.9 Å². The van der Waals surface area contributed by atoms with E-state index in [-0.39, 0.29) is 54.6 Å². The topological polar surface area (TPSA) is 111 Å². The molecule has 5 amide bonds. The predicted molar refractivity (Wildman–Crippen MR) is 138 cm³/mol. The van der Waals surface area contributed by atoms with E-state index in [1.54, 1.807) is 21.9 Å². The van der Waals surface area contributed by atoms with Crippen LogP contribution < -0.4 is 16.0 Å². The van der Waals surface area contributed by atoms with E-state index in [0.29, 0.717) is 19.4 Å². The van der Waals surface area contributed by atoms with Gasteiger partial charge in [-0.25, -0.2) is 9.18 Å². The number of halogens is 1. The third kappa shape index (κ3) is 6.22. The first-order valence-electron chi connectivity index (χ1n) is 13.0. The quantitative estimate of drug-likeness (QED) is 0.515. The van der Waals surface area contributed by atoms with Crippen molar-refractivity contribution in [1.29, 1.82) is 0 Å². The molecule has 5 atom stereocenters. The first-order chi connectivity index (χ1) is 17.4. The van der Waals surface area contributed by atoms with Gasteiger partial charge in [0, 0.05) is 32.6 Å². The van der Waals surface area contributed by atoms with E-state index in [9.17, 15) is 23.6 Å². The second-order valence-electron chi connectivity index (χ2n) is 11.2. The van der Waals surface area contributed by atoms with Crippen molar-refractivity contribution >= 4 is 23.8 Å². The summed E-state index contributed by atoms with van der Waals surface area (Å²) >= 11 is 0. The van der Waals surface area contributed by atoms with E-state index < -0.39 is 23.4 Å². The van der Waals surface area contributed by atoms with Gasteiger partial charge >= 0.3 is 6.03 Å². The normalized spacial score (nSPS) is 22.7. The first kappa shape index (κ1) is 28.4. The Morgan fingerprint density at radius 3 is 2.32 bits per heavy atom. The van der Waals surface area contributed by atoms with E-state index in [2.05, 4.69) is 16.0 Å². The first-order valence-corrected chi connectivity index (χ1v) is 13.0. The second kappa shape index (κ2) is 11.5. The van der Waals surface area contributed by atoms with Crippen molar-refractivity contribution in [3.63, 3.8) is 0 Å². The van der Waals surface area contributed by atoms with Gasteiger partial charge in [0.2, 0.25) is 17.7 Å². The summed E-state index contributed by atoms with van der Waals surface area (Å²) in [5.41, 5.74) is 0.185. The van der Waals surface area contributed by atoms with Crippen LogP contribution in [0.1, 0.15) is 53.0 Å². The molecule has 3 rings (SSSR count). The van der Waals surface area contributed by atoms with Crippen LogP contribution in [0.15, 0.2) is 24.3 Å². The van der Waals surface area contributed by atoms with Gasteiger partial charge in [-0.2, -0.15) is 0 Å². The molecule has 0 aromatic heterocycles. The van der Waals surface area contributed by atoms with Gasteiger partial charge in [-0.1, -0.05) is 46.8 Å². The summed E-state index contributed by atoms with van der Waals surface area (Å²) < 4.78 is 13.2. The van der Waals surface area contributed by atoms with E-state index >= 15 is 0 Å². The lowest BCUT2D eigenvalue weighted by molar-refractivity contribution is -0.142. The minimum absolute atomic E-state index is 0.174. The van der Waals surface area contributed by atoms with Crippen LogP contribution >= 0.6 is 0 Å². The van der Waals surface area contributed by atoms with E-state index in [1.165, 1.54) is 19.2 Å². The molecule has 1 aromatic carbocycles. The monoisotopic (exact) mass is 517 g/mol.